The largest absolute Gasteiger partial charge is 0.282 e. The van der Waals surface area contributed by atoms with Crippen LogP contribution in [0.5, 0.6) is 0 Å². The molecule has 1 saturated carbocycles. The molecule has 0 bridgehead atoms. The van der Waals surface area contributed by atoms with Gasteiger partial charge in [0.15, 0.2) is 0 Å². The Bertz CT molecular complexity index is 431. The van der Waals surface area contributed by atoms with Crippen molar-refractivity contribution in [3.63, 3.8) is 0 Å². The number of hydrogen-bond acceptors (Lipinski definition) is 2. The van der Waals surface area contributed by atoms with Gasteiger partial charge >= 0.3 is 0 Å². The highest BCUT2D eigenvalue weighted by Crippen LogP contribution is 2.38. The number of piperidine rings is 1. The Hall–Kier alpha value is -0.130. The van der Waals surface area contributed by atoms with Crippen LogP contribution in [0.25, 0.3) is 0 Å². The van der Waals surface area contributed by atoms with E-state index in [0.29, 0.717) is 5.92 Å². The normalized spacial score (nSPS) is 34.9. The highest BCUT2D eigenvalue weighted by atomic mass is 32.2. The monoisotopic (exact) mass is 300 g/mol. The SMILES string of the molecule is C[C@@H]1CCCCN1S(=O)(=O)N1CCC[C@H]1C1CCCC1. The maximum atomic E-state index is 13.0. The van der Waals surface area contributed by atoms with Crippen molar-refractivity contribution < 1.29 is 8.42 Å². The van der Waals surface area contributed by atoms with Crippen LogP contribution in [-0.4, -0.2) is 42.2 Å². The van der Waals surface area contributed by atoms with E-state index in [0.717, 1.165) is 38.8 Å². The summed E-state index contributed by atoms with van der Waals surface area (Å²) >= 11 is 0. The van der Waals surface area contributed by atoms with Crippen molar-refractivity contribution in [3.05, 3.63) is 0 Å². The van der Waals surface area contributed by atoms with Gasteiger partial charge in [0.2, 0.25) is 0 Å². The van der Waals surface area contributed by atoms with Crippen LogP contribution in [0.2, 0.25) is 0 Å². The second-order valence-electron chi connectivity index (χ2n) is 6.83. The molecule has 0 spiro atoms. The maximum absolute atomic E-state index is 13.0. The third-order valence-electron chi connectivity index (χ3n) is 5.53. The molecule has 0 amide bonds. The molecule has 2 heterocycles. The van der Waals surface area contributed by atoms with Crippen molar-refractivity contribution in [2.75, 3.05) is 13.1 Å². The fraction of sp³-hybridized carbons (Fsp3) is 1.00. The molecule has 5 heteroatoms. The number of hydrogen-bond donors (Lipinski definition) is 0. The second kappa shape index (κ2) is 5.93. The molecule has 3 rings (SSSR count). The van der Waals surface area contributed by atoms with E-state index in [-0.39, 0.29) is 12.1 Å². The van der Waals surface area contributed by atoms with Crippen LogP contribution >= 0.6 is 0 Å². The molecule has 116 valence electrons. The quantitative estimate of drug-likeness (QED) is 0.804. The molecule has 0 aromatic carbocycles. The summed E-state index contributed by atoms with van der Waals surface area (Å²) in [5.74, 6) is 0.618. The van der Waals surface area contributed by atoms with Crippen molar-refractivity contribution in [2.24, 2.45) is 5.92 Å². The fourth-order valence-corrected chi connectivity index (χ4v) is 6.58. The molecule has 2 aliphatic heterocycles. The van der Waals surface area contributed by atoms with Gasteiger partial charge in [-0.25, -0.2) is 0 Å². The van der Waals surface area contributed by atoms with Crippen molar-refractivity contribution in [3.8, 4) is 0 Å². The maximum Gasteiger partial charge on any atom is 0.282 e. The molecule has 3 aliphatic rings. The number of rotatable bonds is 3. The molecular weight excluding hydrogens is 272 g/mol. The van der Waals surface area contributed by atoms with Gasteiger partial charge in [0.05, 0.1) is 0 Å². The second-order valence-corrected chi connectivity index (χ2v) is 8.66. The summed E-state index contributed by atoms with van der Waals surface area (Å²) < 4.78 is 29.7. The molecule has 3 fully saturated rings. The van der Waals surface area contributed by atoms with E-state index in [1.54, 1.807) is 4.31 Å². The van der Waals surface area contributed by atoms with Crippen LogP contribution in [0.15, 0.2) is 0 Å². The highest BCUT2D eigenvalue weighted by Gasteiger charge is 2.43. The van der Waals surface area contributed by atoms with E-state index >= 15 is 0 Å². The molecule has 0 unspecified atom stereocenters. The van der Waals surface area contributed by atoms with E-state index in [2.05, 4.69) is 6.92 Å². The zero-order valence-electron chi connectivity index (χ0n) is 12.6. The molecule has 0 aromatic heterocycles. The standard InChI is InChI=1S/C15H28N2O2S/c1-13-7-4-5-11-16(13)20(18,19)17-12-6-10-15(17)14-8-2-3-9-14/h13-15H,2-12H2,1H3/t13-,15+/m1/s1. The predicted molar refractivity (Wildman–Crippen MR) is 80.6 cm³/mol. The summed E-state index contributed by atoms with van der Waals surface area (Å²) in [4.78, 5) is 0. The van der Waals surface area contributed by atoms with E-state index in [1.165, 1.54) is 32.1 Å². The average molecular weight is 300 g/mol. The van der Waals surface area contributed by atoms with Crippen LogP contribution < -0.4 is 0 Å². The van der Waals surface area contributed by atoms with Gasteiger partial charge in [-0.05, 0) is 51.4 Å². The summed E-state index contributed by atoms with van der Waals surface area (Å²) in [7, 11) is -3.23. The van der Waals surface area contributed by atoms with Gasteiger partial charge in [-0.15, -0.1) is 0 Å². The van der Waals surface area contributed by atoms with E-state index in [9.17, 15) is 8.42 Å². The van der Waals surface area contributed by atoms with Gasteiger partial charge < -0.3 is 0 Å². The Morgan fingerprint density at radius 1 is 0.800 bits per heavy atom. The molecular formula is C15H28N2O2S. The van der Waals surface area contributed by atoms with E-state index in [1.807, 2.05) is 4.31 Å². The third kappa shape index (κ3) is 2.64. The van der Waals surface area contributed by atoms with Gasteiger partial charge in [0, 0.05) is 25.2 Å². The third-order valence-corrected chi connectivity index (χ3v) is 7.71. The molecule has 0 aromatic rings. The molecule has 4 nitrogen and oxygen atoms in total. The summed E-state index contributed by atoms with van der Waals surface area (Å²) in [6.45, 7) is 3.53. The lowest BCUT2D eigenvalue weighted by Gasteiger charge is -2.38. The summed E-state index contributed by atoms with van der Waals surface area (Å²) in [5.41, 5.74) is 0. The first kappa shape index (κ1) is 14.8. The first-order valence-corrected chi connectivity index (χ1v) is 9.79. The zero-order chi connectivity index (χ0) is 14.2. The fourth-order valence-electron chi connectivity index (χ4n) is 4.41. The first-order chi connectivity index (χ1) is 9.60. The van der Waals surface area contributed by atoms with Crippen LogP contribution in [0.1, 0.15) is 64.7 Å². The summed E-state index contributed by atoms with van der Waals surface area (Å²) in [6, 6.07) is 0.468. The Morgan fingerprint density at radius 2 is 1.45 bits per heavy atom. The number of nitrogens with zero attached hydrogens (tertiary/aromatic N) is 2. The van der Waals surface area contributed by atoms with Gasteiger partial charge in [-0.1, -0.05) is 19.3 Å². The van der Waals surface area contributed by atoms with Gasteiger partial charge in [-0.2, -0.15) is 17.0 Å². The summed E-state index contributed by atoms with van der Waals surface area (Å²) in [5, 5.41) is 0. The van der Waals surface area contributed by atoms with Crippen LogP contribution in [0.3, 0.4) is 0 Å². The topological polar surface area (TPSA) is 40.6 Å². The molecule has 0 N–H and O–H groups in total. The summed E-state index contributed by atoms with van der Waals surface area (Å²) in [6.07, 6.45) is 10.4. The van der Waals surface area contributed by atoms with Gasteiger partial charge in [-0.3, -0.25) is 0 Å². The van der Waals surface area contributed by atoms with Crippen molar-refractivity contribution >= 4 is 10.2 Å². The molecule has 2 saturated heterocycles. The first-order valence-electron chi connectivity index (χ1n) is 8.39. The molecule has 1 aliphatic carbocycles. The van der Waals surface area contributed by atoms with Gasteiger partial charge in [0.1, 0.15) is 0 Å². The van der Waals surface area contributed by atoms with E-state index in [4.69, 9.17) is 0 Å². The Kier molecular flexibility index (Phi) is 4.39. The minimum atomic E-state index is -3.23. The Morgan fingerprint density at radius 3 is 2.15 bits per heavy atom. The van der Waals surface area contributed by atoms with Crippen LogP contribution in [-0.2, 0) is 10.2 Å². The lowest BCUT2D eigenvalue weighted by atomic mass is 9.97. The lowest BCUT2D eigenvalue weighted by molar-refractivity contribution is 0.222. The highest BCUT2D eigenvalue weighted by molar-refractivity contribution is 7.86. The van der Waals surface area contributed by atoms with Crippen molar-refractivity contribution in [1.29, 1.82) is 0 Å². The zero-order valence-corrected chi connectivity index (χ0v) is 13.4. The smallest absolute Gasteiger partial charge is 0.195 e. The van der Waals surface area contributed by atoms with Crippen molar-refractivity contribution in [2.45, 2.75) is 76.8 Å². The molecule has 2 atom stereocenters. The molecule has 0 radical (unpaired) electrons. The van der Waals surface area contributed by atoms with E-state index < -0.39 is 10.2 Å². The van der Waals surface area contributed by atoms with Crippen molar-refractivity contribution in [1.82, 2.24) is 8.61 Å². The Balaban J connectivity index is 1.78. The molecule has 20 heavy (non-hydrogen) atoms. The van der Waals surface area contributed by atoms with Crippen LogP contribution in [0.4, 0.5) is 0 Å². The van der Waals surface area contributed by atoms with Crippen LogP contribution in [0, 0.1) is 5.92 Å². The van der Waals surface area contributed by atoms with Gasteiger partial charge in [0.25, 0.3) is 10.2 Å². The minimum absolute atomic E-state index is 0.179. The lowest BCUT2D eigenvalue weighted by Crippen LogP contribution is -2.52. The predicted octanol–water partition coefficient (Wildman–Crippen LogP) is 2.76. The Labute approximate surface area is 123 Å². The average Bonchev–Trinajstić information content (AvgIpc) is 3.10. The minimum Gasteiger partial charge on any atom is -0.195 e.